The molecular weight excluding hydrogens is 390 g/mol. The Hall–Kier alpha value is -3.41. The highest BCUT2D eigenvalue weighted by atomic mass is 16.2. The van der Waals surface area contributed by atoms with Crippen LogP contribution in [-0.2, 0) is 14.4 Å². The smallest absolute Gasteiger partial charge is 0.243 e. The van der Waals surface area contributed by atoms with Crippen molar-refractivity contribution in [2.75, 3.05) is 18.9 Å². The van der Waals surface area contributed by atoms with E-state index >= 15 is 0 Å². The summed E-state index contributed by atoms with van der Waals surface area (Å²) in [5.74, 6) is -0.582. The molecule has 0 aliphatic carbocycles. The zero-order valence-corrected chi connectivity index (χ0v) is 18.7. The topological polar surface area (TPSA) is 69.7 Å². The number of likely N-dealkylation sites (N-methyl/N-ethyl adjacent to an activating group) is 1. The number of fused-ring (bicyclic) bond motifs is 1. The fourth-order valence-electron chi connectivity index (χ4n) is 4.09. The normalized spacial score (nSPS) is 14.7. The molecule has 2 aromatic rings. The van der Waals surface area contributed by atoms with E-state index < -0.39 is 6.04 Å². The standard InChI is InChI=1S/C25H29N3O3/c1-16-12-17(2)25(18(3)13-16)26-23(30)15-27(5)24(31)14-22-21-9-7-6-8-20(21)10-11-28(22)19(4)29/h6-13,22H,14-15H2,1-5H3,(H,26,30). The number of amides is 3. The van der Waals surface area contributed by atoms with Gasteiger partial charge in [-0.3, -0.25) is 14.4 Å². The van der Waals surface area contributed by atoms with Gasteiger partial charge in [0.1, 0.15) is 0 Å². The van der Waals surface area contributed by atoms with Gasteiger partial charge in [-0.25, -0.2) is 0 Å². The molecule has 0 bridgehead atoms. The largest absolute Gasteiger partial charge is 0.336 e. The molecule has 2 aromatic carbocycles. The molecule has 162 valence electrons. The van der Waals surface area contributed by atoms with E-state index in [4.69, 9.17) is 0 Å². The first kappa shape index (κ1) is 22.3. The molecule has 1 aliphatic rings. The monoisotopic (exact) mass is 419 g/mol. The number of hydrogen-bond donors (Lipinski definition) is 1. The van der Waals surface area contributed by atoms with Crippen LogP contribution < -0.4 is 5.32 Å². The molecule has 0 aromatic heterocycles. The van der Waals surface area contributed by atoms with Crippen molar-refractivity contribution in [1.29, 1.82) is 0 Å². The minimum absolute atomic E-state index is 0.0597. The SMILES string of the molecule is CC(=O)N1C=Cc2ccccc2C1CC(=O)N(C)CC(=O)Nc1c(C)cc(C)cc1C. The predicted octanol–water partition coefficient (Wildman–Crippen LogP) is 3.97. The summed E-state index contributed by atoms with van der Waals surface area (Å²) in [6, 6.07) is 11.4. The number of aryl methyl sites for hydroxylation is 3. The van der Waals surface area contributed by atoms with Crippen LogP contribution in [0.25, 0.3) is 6.08 Å². The average Bonchev–Trinajstić information content (AvgIpc) is 2.70. The van der Waals surface area contributed by atoms with Gasteiger partial charge in [0.25, 0.3) is 0 Å². The van der Waals surface area contributed by atoms with Crippen LogP contribution in [0.5, 0.6) is 0 Å². The van der Waals surface area contributed by atoms with Gasteiger partial charge in [0, 0.05) is 25.9 Å². The van der Waals surface area contributed by atoms with Crippen LogP contribution in [0.4, 0.5) is 5.69 Å². The van der Waals surface area contributed by atoms with E-state index in [1.807, 2.05) is 63.2 Å². The van der Waals surface area contributed by atoms with Gasteiger partial charge in [-0.05, 0) is 49.1 Å². The lowest BCUT2D eigenvalue weighted by Crippen LogP contribution is -2.39. The Labute approximate surface area is 183 Å². The number of carbonyl (C=O) groups excluding carboxylic acids is 3. The van der Waals surface area contributed by atoms with Gasteiger partial charge in [0.15, 0.2) is 0 Å². The van der Waals surface area contributed by atoms with Gasteiger partial charge in [0.05, 0.1) is 19.0 Å². The lowest BCUT2D eigenvalue weighted by atomic mass is 9.93. The van der Waals surface area contributed by atoms with E-state index in [0.717, 1.165) is 33.5 Å². The van der Waals surface area contributed by atoms with Crippen LogP contribution >= 0.6 is 0 Å². The van der Waals surface area contributed by atoms with Crippen LogP contribution in [0.1, 0.15) is 47.2 Å². The van der Waals surface area contributed by atoms with Gasteiger partial charge in [-0.2, -0.15) is 0 Å². The summed E-state index contributed by atoms with van der Waals surface area (Å²) in [6.07, 6.45) is 3.70. The van der Waals surface area contributed by atoms with Crippen molar-refractivity contribution < 1.29 is 14.4 Å². The number of hydrogen-bond acceptors (Lipinski definition) is 3. The lowest BCUT2D eigenvalue weighted by Gasteiger charge is -2.33. The van der Waals surface area contributed by atoms with Crippen LogP contribution in [0.15, 0.2) is 42.6 Å². The Morgan fingerprint density at radius 2 is 1.71 bits per heavy atom. The highest BCUT2D eigenvalue weighted by Gasteiger charge is 2.29. The maximum absolute atomic E-state index is 12.9. The van der Waals surface area contributed by atoms with Crippen molar-refractivity contribution in [3.05, 3.63) is 70.4 Å². The minimum atomic E-state index is -0.390. The number of benzene rings is 2. The number of nitrogens with zero attached hydrogens (tertiary/aromatic N) is 2. The highest BCUT2D eigenvalue weighted by molar-refractivity contribution is 5.96. The average molecular weight is 420 g/mol. The second-order valence-corrected chi connectivity index (χ2v) is 8.16. The molecule has 3 amide bonds. The van der Waals surface area contributed by atoms with E-state index in [2.05, 4.69) is 5.32 Å². The lowest BCUT2D eigenvalue weighted by molar-refractivity contribution is -0.136. The third kappa shape index (κ3) is 5.02. The fourth-order valence-corrected chi connectivity index (χ4v) is 4.09. The molecule has 1 unspecified atom stereocenters. The van der Waals surface area contributed by atoms with Crippen molar-refractivity contribution in [3.8, 4) is 0 Å². The van der Waals surface area contributed by atoms with Gasteiger partial charge >= 0.3 is 0 Å². The Kier molecular flexibility index (Phi) is 6.59. The fraction of sp³-hybridized carbons (Fsp3) is 0.320. The first-order chi connectivity index (χ1) is 14.7. The first-order valence-electron chi connectivity index (χ1n) is 10.3. The third-order valence-electron chi connectivity index (χ3n) is 5.59. The maximum Gasteiger partial charge on any atom is 0.243 e. The summed E-state index contributed by atoms with van der Waals surface area (Å²) in [5.41, 5.74) is 5.81. The number of nitrogens with one attached hydrogen (secondary N) is 1. The molecule has 6 heteroatoms. The number of carbonyl (C=O) groups is 3. The second-order valence-electron chi connectivity index (χ2n) is 8.16. The van der Waals surface area contributed by atoms with Gasteiger partial charge in [0.2, 0.25) is 17.7 Å². The first-order valence-corrected chi connectivity index (χ1v) is 10.3. The Bertz CT molecular complexity index is 1030. The summed E-state index contributed by atoms with van der Waals surface area (Å²) in [4.78, 5) is 40.7. The Balaban J connectivity index is 1.69. The van der Waals surface area contributed by atoms with Crippen LogP contribution in [0, 0.1) is 20.8 Å². The molecule has 0 spiro atoms. The molecule has 0 saturated heterocycles. The number of anilines is 1. The summed E-state index contributed by atoms with van der Waals surface area (Å²) >= 11 is 0. The van der Waals surface area contributed by atoms with Crippen molar-refractivity contribution in [2.45, 2.75) is 40.2 Å². The minimum Gasteiger partial charge on any atom is -0.336 e. The maximum atomic E-state index is 12.9. The molecule has 6 nitrogen and oxygen atoms in total. The second kappa shape index (κ2) is 9.16. The van der Waals surface area contributed by atoms with Gasteiger partial charge in [-0.15, -0.1) is 0 Å². The van der Waals surface area contributed by atoms with Gasteiger partial charge in [-0.1, -0.05) is 42.0 Å². The van der Waals surface area contributed by atoms with Crippen LogP contribution in [-0.4, -0.2) is 41.1 Å². The molecule has 0 saturated carbocycles. The van der Waals surface area contributed by atoms with E-state index in [1.54, 1.807) is 18.1 Å². The summed E-state index contributed by atoms with van der Waals surface area (Å²) < 4.78 is 0. The van der Waals surface area contributed by atoms with E-state index in [9.17, 15) is 14.4 Å². The third-order valence-corrected chi connectivity index (χ3v) is 5.59. The van der Waals surface area contributed by atoms with E-state index in [1.165, 1.54) is 11.8 Å². The van der Waals surface area contributed by atoms with E-state index in [0.29, 0.717) is 0 Å². The molecule has 3 rings (SSSR count). The highest BCUT2D eigenvalue weighted by Crippen LogP contribution is 2.33. The molecular formula is C25H29N3O3. The van der Waals surface area contributed by atoms with Crippen molar-refractivity contribution in [2.24, 2.45) is 0 Å². The molecule has 1 N–H and O–H groups in total. The molecule has 1 aliphatic heterocycles. The molecule has 0 radical (unpaired) electrons. The summed E-state index contributed by atoms with van der Waals surface area (Å²) in [6.45, 7) is 7.35. The van der Waals surface area contributed by atoms with Crippen LogP contribution in [0.2, 0.25) is 0 Å². The van der Waals surface area contributed by atoms with E-state index in [-0.39, 0.29) is 30.7 Å². The van der Waals surface area contributed by atoms with Crippen molar-refractivity contribution in [3.63, 3.8) is 0 Å². The zero-order chi connectivity index (χ0) is 22.7. The molecule has 1 heterocycles. The van der Waals surface area contributed by atoms with Gasteiger partial charge < -0.3 is 15.1 Å². The summed E-state index contributed by atoms with van der Waals surface area (Å²) in [7, 11) is 1.61. The molecule has 0 fully saturated rings. The van der Waals surface area contributed by atoms with Crippen molar-refractivity contribution >= 4 is 29.5 Å². The summed E-state index contributed by atoms with van der Waals surface area (Å²) in [5, 5.41) is 2.93. The number of rotatable bonds is 5. The van der Waals surface area contributed by atoms with Crippen molar-refractivity contribution in [1.82, 2.24) is 9.80 Å². The van der Waals surface area contributed by atoms with Crippen LogP contribution in [0.3, 0.4) is 0 Å². The Morgan fingerprint density at radius 1 is 1.06 bits per heavy atom. The Morgan fingerprint density at radius 3 is 2.35 bits per heavy atom. The zero-order valence-electron chi connectivity index (χ0n) is 18.7. The predicted molar refractivity (Wildman–Crippen MR) is 122 cm³/mol. The molecule has 1 atom stereocenters. The molecule has 31 heavy (non-hydrogen) atoms. The quantitative estimate of drug-likeness (QED) is 0.797.